The van der Waals surface area contributed by atoms with Crippen molar-refractivity contribution in [1.29, 1.82) is 0 Å². The van der Waals surface area contributed by atoms with E-state index >= 15 is 0 Å². The molecule has 0 amide bonds. The lowest BCUT2D eigenvalue weighted by Gasteiger charge is -2.33. The molecule has 2 unspecified atom stereocenters. The van der Waals surface area contributed by atoms with Crippen molar-refractivity contribution in [3.8, 4) is 5.75 Å². The van der Waals surface area contributed by atoms with Crippen LogP contribution in [-0.2, 0) is 41.1 Å². The Labute approximate surface area is 241 Å². The molecule has 2 atom stereocenters. The van der Waals surface area contributed by atoms with E-state index in [9.17, 15) is 48.3 Å². The van der Waals surface area contributed by atoms with Gasteiger partial charge < -0.3 is 14.2 Å². The average Bonchev–Trinajstić information content (AvgIpc) is 3.31. The molecule has 3 aromatic rings. The molecule has 0 saturated carbocycles. The molecule has 1 N–H and O–H groups in total. The summed E-state index contributed by atoms with van der Waals surface area (Å²) in [6, 6.07) is 18.8. The quantitative estimate of drug-likeness (QED) is 0.105. The molecule has 0 aromatic heterocycles. The van der Waals surface area contributed by atoms with Gasteiger partial charge in [-0.1, -0.05) is 18.2 Å². The van der Waals surface area contributed by atoms with Crippen LogP contribution in [0.5, 0.6) is 5.75 Å². The van der Waals surface area contributed by atoms with Crippen molar-refractivity contribution in [2.45, 2.75) is 50.6 Å². The summed E-state index contributed by atoms with van der Waals surface area (Å²) in [5.41, 5.74) is -4.66. The Morgan fingerprint density at radius 1 is 0.814 bits per heavy atom. The second-order valence-electron chi connectivity index (χ2n) is 9.16. The van der Waals surface area contributed by atoms with E-state index in [0.717, 1.165) is 19.1 Å². The van der Waals surface area contributed by atoms with Crippen molar-refractivity contribution < 1.29 is 67.1 Å². The van der Waals surface area contributed by atoms with E-state index < -0.39 is 68.3 Å². The van der Waals surface area contributed by atoms with Gasteiger partial charge in [-0.2, -0.15) is 43.5 Å². The van der Waals surface area contributed by atoms with Gasteiger partial charge in [0.2, 0.25) is 0 Å². The Morgan fingerprint density at radius 3 is 1.72 bits per heavy atom. The molecule has 1 fully saturated rings. The summed E-state index contributed by atoms with van der Waals surface area (Å²) >= 11 is 0. The highest BCUT2D eigenvalue weighted by atomic mass is 32.2. The van der Waals surface area contributed by atoms with Crippen LogP contribution in [0.2, 0.25) is 0 Å². The number of hydrogen-bond donors (Lipinski definition) is 1. The van der Waals surface area contributed by atoms with Crippen LogP contribution in [0, 0.1) is 0 Å². The fourth-order valence-corrected chi connectivity index (χ4v) is 6.30. The molecular formula is C26H19F8O7S2+. The summed E-state index contributed by atoms with van der Waals surface area (Å²) in [5.74, 6) is -5.42. The number of esters is 1. The normalized spacial score (nSPS) is 20.0. The van der Waals surface area contributed by atoms with E-state index in [2.05, 4.69) is 9.47 Å². The summed E-state index contributed by atoms with van der Waals surface area (Å²) in [6.45, 7) is -0.872. The second-order valence-corrected chi connectivity index (χ2v) is 12.6. The zero-order valence-corrected chi connectivity index (χ0v) is 23.1. The Kier molecular flexibility index (Phi) is 8.38. The molecule has 0 bridgehead atoms. The molecule has 17 heteroatoms. The molecule has 0 radical (unpaired) electrons. The van der Waals surface area contributed by atoms with Gasteiger partial charge in [-0.25, -0.2) is 4.79 Å². The van der Waals surface area contributed by atoms with E-state index in [1.165, 1.54) is 36.4 Å². The highest BCUT2D eigenvalue weighted by Crippen LogP contribution is 2.54. The number of carbonyl (C=O) groups excluding carboxylic acids is 1. The van der Waals surface area contributed by atoms with Gasteiger partial charge in [-0.3, -0.25) is 4.55 Å². The third-order valence-corrected chi connectivity index (χ3v) is 9.31. The Balaban J connectivity index is 1.65. The summed E-state index contributed by atoms with van der Waals surface area (Å²) < 4.78 is 152. The number of hydrogen-bond acceptors (Lipinski definition) is 6. The minimum Gasteiger partial charge on any atom is -0.421 e. The van der Waals surface area contributed by atoms with E-state index in [4.69, 9.17) is 9.29 Å². The zero-order chi connectivity index (χ0) is 32.1. The minimum absolute atomic E-state index is 0.134. The monoisotopic (exact) mass is 659 g/mol. The predicted molar refractivity (Wildman–Crippen MR) is 133 cm³/mol. The van der Waals surface area contributed by atoms with E-state index in [0.29, 0.717) is 14.7 Å². The summed E-state index contributed by atoms with van der Waals surface area (Å²) in [4.78, 5) is 13.3. The molecule has 1 saturated heterocycles. The van der Waals surface area contributed by atoms with Gasteiger partial charge >= 0.3 is 33.7 Å². The SMILES string of the molecule is CC1(c2ccc([S+](c3ccccc3)c3ccc(OC(=O)C(F)(F)S(=O)(=O)O)cc3)cc2)OCC(C(F)(F)F)(C(F)(F)F)O1. The molecule has 1 aliphatic rings. The third-order valence-electron chi connectivity index (χ3n) is 6.26. The highest BCUT2D eigenvalue weighted by Gasteiger charge is 2.77. The Morgan fingerprint density at radius 2 is 1.28 bits per heavy atom. The van der Waals surface area contributed by atoms with Crippen molar-refractivity contribution in [2.24, 2.45) is 0 Å². The number of rotatable bonds is 7. The maximum atomic E-state index is 13.6. The van der Waals surface area contributed by atoms with Crippen LogP contribution in [0.25, 0.3) is 0 Å². The van der Waals surface area contributed by atoms with Crippen molar-refractivity contribution in [2.75, 3.05) is 6.61 Å². The first-order valence-corrected chi connectivity index (χ1v) is 14.4. The first-order valence-electron chi connectivity index (χ1n) is 11.8. The summed E-state index contributed by atoms with van der Waals surface area (Å²) in [5, 5.41) is -5.22. The van der Waals surface area contributed by atoms with Crippen molar-refractivity contribution in [1.82, 2.24) is 0 Å². The molecule has 0 aliphatic carbocycles. The van der Waals surface area contributed by atoms with E-state index in [1.807, 2.05) is 0 Å². The number of carbonyl (C=O) groups is 1. The molecular weight excluding hydrogens is 640 g/mol. The summed E-state index contributed by atoms with van der Waals surface area (Å²) in [7, 11) is -7.09. The average molecular weight is 660 g/mol. The summed E-state index contributed by atoms with van der Waals surface area (Å²) in [6.07, 6.45) is -11.6. The molecule has 232 valence electrons. The van der Waals surface area contributed by atoms with Gasteiger partial charge in [-0.05, 0) is 67.6 Å². The highest BCUT2D eigenvalue weighted by molar-refractivity contribution is 7.97. The maximum absolute atomic E-state index is 13.6. The van der Waals surface area contributed by atoms with Crippen molar-refractivity contribution in [3.05, 3.63) is 84.4 Å². The second kappa shape index (κ2) is 11.0. The van der Waals surface area contributed by atoms with Crippen molar-refractivity contribution in [3.63, 3.8) is 0 Å². The molecule has 43 heavy (non-hydrogen) atoms. The Bertz CT molecular complexity index is 1560. The van der Waals surface area contributed by atoms with Gasteiger partial charge in [0.25, 0.3) is 5.60 Å². The smallest absolute Gasteiger partial charge is 0.421 e. The van der Waals surface area contributed by atoms with E-state index in [1.54, 1.807) is 30.3 Å². The van der Waals surface area contributed by atoms with Gasteiger partial charge in [0.15, 0.2) is 20.5 Å². The number of alkyl halides is 8. The lowest BCUT2D eigenvalue weighted by Crippen LogP contribution is -2.59. The maximum Gasteiger partial charge on any atom is 0.466 e. The van der Waals surface area contributed by atoms with Crippen LogP contribution < -0.4 is 4.74 Å². The van der Waals surface area contributed by atoms with Gasteiger partial charge in [0, 0.05) is 5.56 Å². The molecule has 7 nitrogen and oxygen atoms in total. The van der Waals surface area contributed by atoms with E-state index in [-0.39, 0.29) is 5.56 Å². The third kappa shape index (κ3) is 6.08. The standard InChI is InChI=1S/C26H18F8O7S2/c1-22(39-15-23(41-22,25(29,30)31)26(32,33)34)16-7-11-19(12-8-16)42(18-5-3-2-4-6-18)20-13-9-17(10-14-20)40-21(35)24(27,28)43(36,37)38/h2-14H,15H2,1H3/p+1. The topological polar surface area (TPSA) is 99.1 Å². The number of ether oxygens (including phenoxy) is 3. The van der Waals surface area contributed by atoms with Crippen LogP contribution in [0.15, 0.2) is 93.5 Å². The Hall–Kier alpha value is -3.25. The van der Waals surface area contributed by atoms with Gasteiger partial charge in [-0.15, -0.1) is 0 Å². The van der Waals surface area contributed by atoms with Gasteiger partial charge in [0.05, 0.1) is 17.5 Å². The molecule has 1 heterocycles. The first-order chi connectivity index (χ1) is 19.7. The first kappa shape index (κ1) is 32.7. The number of benzene rings is 3. The van der Waals surface area contributed by atoms with Crippen molar-refractivity contribution >= 4 is 27.0 Å². The van der Waals surface area contributed by atoms with Crippen LogP contribution in [0.1, 0.15) is 12.5 Å². The molecule has 0 spiro atoms. The van der Waals surface area contributed by atoms with Gasteiger partial charge in [0.1, 0.15) is 5.75 Å². The molecule has 3 aromatic carbocycles. The van der Waals surface area contributed by atoms with Crippen LogP contribution in [0.4, 0.5) is 35.1 Å². The molecule has 1 aliphatic heterocycles. The minimum atomic E-state index is -6.09. The largest absolute Gasteiger partial charge is 0.466 e. The van der Waals surface area contributed by atoms with Crippen LogP contribution in [-0.4, -0.2) is 48.8 Å². The predicted octanol–water partition coefficient (Wildman–Crippen LogP) is 6.25. The lowest BCUT2D eigenvalue weighted by atomic mass is 10.0. The van der Waals surface area contributed by atoms with Crippen LogP contribution in [0.3, 0.4) is 0 Å². The number of halogens is 8. The zero-order valence-electron chi connectivity index (χ0n) is 21.4. The molecule has 4 rings (SSSR count). The van der Waals surface area contributed by atoms with Crippen LogP contribution >= 0.6 is 0 Å². The fraction of sp³-hybridized carbons (Fsp3) is 0.269. The lowest BCUT2D eigenvalue weighted by molar-refractivity contribution is -0.381. The fourth-order valence-electron chi connectivity index (χ4n) is 3.99.